The number of fused-ring (bicyclic) bond motifs is 2. The van der Waals surface area contributed by atoms with E-state index >= 15 is 0 Å². The number of nitrogens with zero attached hydrogens (tertiary/aromatic N) is 5. The quantitative estimate of drug-likeness (QED) is 0.341. The number of rotatable bonds is 6. The molecule has 0 aliphatic carbocycles. The van der Waals surface area contributed by atoms with Crippen molar-refractivity contribution in [3.63, 3.8) is 0 Å². The van der Waals surface area contributed by atoms with E-state index in [1.54, 1.807) is 0 Å². The van der Waals surface area contributed by atoms with Crippen LogP contribution in [0.1, 0.15) is 36.2 Å². The van der Waals surface area contributed by atoms with E-state index in [-0.39, 0.29) is 17.2 Å². The number of hydrogen-bond donors (Lipinski definition) is 3. The standard InChI is InChI=1S/C25H23FN6O3.C2H6/c1-31(2)13-15-3-5-16(6-4-15)19-12-28-24(32-14-17(11-27)29-23(19)32)30-25(33,34)22-18-9-10-35-21(18)8-7-20(22)26;1-2/h3-8,12,14,33-34H,9-10,13H2,1-2H3,(H,28,30);1-2H3. The van der Waals surface area contributed by atoms with Crippen molar-refractivity contribution in [3.05, 3.63) is 77.0 Å². The van der Waals surface area contributed by atoms with Crippen molar-refractivity contribution in [2.75, 3.05) is 26.0 Å². The van der Waals surface area contributed by atoms with Crippen molar-refractivity contribution in [1.82, 2.24) is 19.3 Å². The third kappa shape index (κ3) is 5.11. The second kappa shape index (κ2) is 10.5. The average Bonchev–Trinajstić information content (AvgIpc) is 3.53. The van der Waals surface area contributed by atoms with Crippen LogP contribution < -0.4 is 10.1 Å². The normalized spacial score (nSPS) is 12.5. The Kier molecular flexibility index (Phi) is 7.40. The summed E-state index contributed by atoms with van der Waals surface area (Å²) < 4.78 is 21.6. The summed E-state index contributed by atoms with van der Waals surface area (Å²) >= 11 is 0. The van der Waals surface area contributed by atoms with E-state index in [9.17, 15) is 19.9 Å². The zero-order valence-corrected chi connectivity index (χ0v) is 21.2. The fourth-order valence-electron chi connectivity index (χ4n) is 4.32. The summed E-state index contributed by atoms with van der Waals surface area (Å²) in [6.45, 7) is 5.11. The van der Waals surface area contributed by atoms with E-state index in [0.717, 1.165) is 23.7 Å². The number of anilines is 1. The van der Waals surface area contributed by atoms with E-state index in [0.29, 0.717) is 35.6 Å². The summed E-state index contributed by atoms with van der Waals surface area (Å²) in [5.41, 5.74) is 3.16. The second-order valence-electron chi connectivity index (χ2n) is 8.66. The molecule has 2 aromatic carbocycles. The Hall–Kier alpha value is -4.04. The van der Waals surface area contributed by atoms with Gasteiger partial charge in [0.2, 0.25) is 5.95 Å². The molecule has 9 nitrogen and oxygen atoms in total. The Morgan fingerprint density at radius 2 is 1.92 bits per heavy atom. The molecule has 0 spiro atoms. The van der Waals surface area contributed by atoms with Gasteiger partial charge >= 0.3 is 0 Å². The topological polar surface area (TPSA) is 119 Å². The van der Waals surface area contributed by atoms with Crippen LogP contribution in [-0.4, -0.2) is 50.2 Å². The second-order valence-corrected chi connectivity index (χ2v) is 8.66. The zero-order valence-electron chi connectivity index (χ0n) is 21.2. The monoisotopic (exact) mass is 504 g/mol. The van der Waals surface area contributed by atoms with Crippen molar-refractivity contribution in [2.45, 2.75) is 32.7 Å². The Labute approximate surface area is 214 Å². The molecule has 0 fully saturated rings. The number of aliphatic hydroxyl groups is 2. The third-order valence-corrected chi connectivity index (χ3v) is 5.83. The molecule has 37 heavy (non-hydrogen) atoms. The van der Waals surface area contributed by atoms with E-state index in [2.05, 4.69) is 20.2 Å². The molecule has 5 rings (SSSR count). The maximum Gasteiger partial charge on any atom is 0.278 e. The van der Waals surface area contributed by atoms with Gasteiger partial charge in [-0.1, -0.05) is 38.1 Å². The summed E-state index contributed by atoms with van der Waals surface area (Å²) in [6.07, 6.45) is 3.29. The maximum absolute atomic E-state index is 14.7. The van der Waals surface area contributed by atoms with Gasteiger partial charge < -0.3 is 25.2 Å². The zero-order chi connectivity index (χ0) is 26.7. The molecule has 10 heteroatoms. The fraction of sp³-hybridized carbons (Fsp3) is 0.296. The molecule has 2 aromatic heterocycles. The van der Waals surface area contributed by atoms with E-state index in [1.165, 1.54) is 22.9 Å². The molecule has 4 aromatic rings. The van der Waals surface area contributed by atoms with Crippen molar-refractivity contribution in [2.24, 2.45) is 0 Å². The summed E-state index contributed by atoms with van der Waals surface area (Å²) in [4.78, 5) is 10.8. The van der Waals surface area contributed by atoms with Crippen molar-refractivity contribution in [3.8, 4) is 22.9 Å². The number of halogens is 1. The van der Waals surface area contributed by atoms with Crippen LogP contribution in [0.5, 0.6) is 5.75 Å². The number of ether oxygens (including phenoxy) is 1. The molecule has 3 heterocycles. The summed E-state index contributed by atoms with van der Waals surface area (Å²) in [5.74, 6) is -3.21. The minimum atomic E-state index is -2.80. The average molecular weight is 505 g/mol. The van der Waals surface area contributed by atoms with Gasteiger partial charge in [0.15, 0.2) is 11.3 Å². The lowest BCUT2D eigenvalue weighted by atomic mass is 10.0. The first-order chi connectivity index (χ1) is 17.8. The Balaban J connectivity index is 0.00000156. The van der Waals surface area contributed by atoms with Gasteiger partial charge in [-0.2, -0.15) is 5.26 Å². The molecule has 0 saturated heterocycles. The van der Waals surface area contributed by atoms with Crippen LogP contribution in [0.15, 0.2) is 48.8 Å². The van der Waals surface area contributed by atoms with Gasteiger partial charge in [0.05, 0.1) is 18.4 Å². The highest BCUT2D eigenvalue weighted by Gasteiger charge is 2.36. The molecule has 0 radical (unpaired) electrons. The summed E-state index contributed by atoms with van der Waals surface area (Å²) in [6, 6.07) is 12.5. The number of nitrogens with one attached hydrogen (secondary N) is 1. The maximum atomic E-state index is 14.7. The molecule has 3 N–H and O–H groups in total. The number of imidazole rings is 1. The van der Waals surface area contributed by atoms with Gasteiger partial charge in [0.1, 0.15) is 17.6 Å². The Bertz CT molecular complexity index is 1460. The van der Waals surface area contributed by atoms with Crippen LogP contribution in [0, 0.1) is 17.1 Å². The molecule has 1 aliphatic rings. The van der Waals surface area contributed by atoms with Crippen LogP contribution in [0.3, 0.4) is 0 Å². The minimum Gasteiger partial charge on any atom is -0.493 e. The van der Waals surface area contributed by atoms with Gasteiger partial charge in [-0.25, -0.2) is 14.4 Å². The molecular weight excluding hydrogens is 475 g/mol. The molecule has 0 saturated carbocycles. The summed E-state index contributed by atoms with van der Waals surface area (Å²) in [7, 11) is 3.98. The molecular formula is C27H29FN6O3. The summed E-state index contributed by atoms with van der Waals surface area (Å²) in [5, 5.41) is 33.7. The van der Waals surface area contributed by atoms with E-state index in [4.69, 9.17) is 4.74 Å². The fourth-order valence-corrected chi connectivity index (χ4v) is 4.32. The van der Waals surface area contributed by atoms with Crippen LogP contribution in [0.2, 0.25) is 0 Å². The lowest BCUT2D eigenvalue weighted by Gasteiger charge is -2.26. The molecule has 192 valence electrons. The number of aromatic nitrogens is 3. The molecule has 0 amide bonds. The first kappa shape index (κ1) is 26.0. The van der Waals surface area contributed by atoms with Crippen LogP contribution >= 0.6 is 0 Å². The Morgan fingerprint density at radius 1 is 1.19 bits per heavy atom. The van der Waals surface area contributed by atoms with Crippen LogP contribution in [0.25, 0.3) is 16.8 Å². The largest absolute Gasteiger partial charge is 0.493 e. The van der Waals surface area contributed by atoms with Gasteiger partial charge in [-0.05, 0) is 37.4 Å². The number of hydrogen-bond acceptors (Lipinski definition) is 8. The van der Waals surface area contributed by atoms with Crippen LogP contribution in [-0.2, 0) is 18.9 Å². The first-order valence-corrected chi connectivity index (χ1v) is 12.0. The highest BCUT2D eigenvalue weighted by molar-refractivity contribution is 5.78. The molecule has 0 bridgehead atoms. The lowest BCUT2D eigenvalue weighted by molar-refractivity contribution is -0.146. The molecule has 0 atom stereocenters. The lowest BCUT2D eigenvalue weighted by Crippen LogP contribution is -2.37. The third-order valence-electron chi connectivity index (χ3n) is 5.83. The SMILES string of the molecule is CC.CN(C)Cc1ccc(-c2cnc(NC(O)(O)c3c(F)ccc4c3CCO4)n3cc(C#N)nc23)cc1. The minimum absolute atomic E-state index is 0.0251. The van der Waals surface area contributed by atoms with Crippen molar-refractivity contribution < 1.29 is 19.3 Å². The van der Waals surface area contributed by atoms with Gasteiger partial charge in [0, 0.05) is 30.3 Å². The smallest absolute Gasteiger partial charge is 0.278 e. The highest BCUT2D eigenvalue weighted by Crippen LogP contribution is 2.36. The first-order valence-electron chi connectivity index (χ1n) is 12.0. The van der Waals surface area contributed by atoms with E-state index in [1.807, 2.05) is 58.3 Å². The van der Waals surface area contributed by atoms with Gasteiger partial charge in [-0.15, -0.1) is 0 Å². The van der Waals surface area contributed by atoms with Crippen molar-refractivity contribution in [1.29, 1.82) is 5.26 Å². The molecule has 0 unspecified atom stereocenters. The predicted molar refractivity (Wildman–Crippen MR) is 137 cm³/mol. The number of benzene rings is 2. The van der Waals surface area contributed by atoms with Crippen LogP contribution in [0.4, 0.5) is 10.3 Å². The molecule has 1 aliphatic heterocycles. The highest BCUT2D eigenvalue weighted by atomic mass is 19.1. The Morgan fingerprint density at radius 3 is 2.59 bits per heavy atom. The number of nitriles is 1. The van der Waals surface area contributed by atoms with Gasteiger partial charge in [-0.3, -0.25) is 4.40 Å². The predicted octanol–water partition coefficient (Wildman–Crippen LogP) is 3.64. The van der Waals surface area contributed by atoms with Crippen molar-refractivity contribution >= 4 is 11.6 Å². The van der Waals surface area contributed by atoms with Gasteiger partial charge in [0.25, 0.3) is 5.91 Å². The van der Waals surface area contributed by atoms with E-state index < -0.39 is 11.7 Å².